The number of anilines is 1. The van der Waals surface area contributed by atoms with Gasteiger partial charge in [0.05, 0.1) is 18.3 Å². The summed E-state index contributed by atoms with van der Waals surface area (Å²) in [5.74, 6) is 0.742. The van der Waals surface area contributed by atoms with Gasteiger partial charge in [0.1, 0.15) is 5.82 Å². The lowest BCUT2D eigenvalue weighted by Gasteiger charge is -2.34. The van der Waals surface area contributed by atoms with Crippen LogP contribution in [0.5, 0.6) is 0 Å². The van der Waals surface area contributed by atoms with Gasteiger partial charge in [-0.15, -0.1) is 22.7 Å². The first kappa shape index (κ1) is 16.5. The predicted octanol–water partition coefficient (Wildman–Crippen LogP) is 3.44. The first-order valence-electron chi connectivity index (χ1n) is 8.26. The molecule has 0 spiro atoms. The predicted molar refractivity (Wildman–Crippen MR) is 102 cm³/mol. The van der Waals surface area contributed by atoms with Gasteiger partial charge in [0.25, 0.3) is 0 Å². The zero-order valence-electron chi connectivity index (χ0n) is 14.2. The number of aromatic nitrogens is 2. The van der Waals surface area contributed by atoms with Crippen molar-refractivity contribution < 1.29 is 4.79 Å². The largest absolute Gasteiger partial charge is 0.310 e. The number of nitrogens with zero attached hydrogens (tertiary/aromatic N) is 3. The van der Waals surface area contributed by atoms with E-state index in [-0.39, 0.29) is 11.9 Å². The molecule has 1 aliphatic rings. The van der Waals surface area contributed by atoms with E-state index in [1.165, 1.54) is 15.3 Å². The molecule has 3 aromatic rings. The third kappa shape index (κ3) is 3.27. The number of thiophene rings is 2. The molecule has 5 nitrogen and oxygen atoms in total. The average molecular weight is 373 g/mol. The summed E-state index contributed by atoms with van der Waals surface area (Å²) in [5.41, 5.74) is 2.25. The maximum absolute atomic E-state index is 12.6. The highest BCUT2D eigenvalue weighted by Crippen LogP contribution is 2.39. The Kier molecular flexibility index (Phi) is 4.45. The molecular formula is C18H20N4OS2. The second-order valence-corrected chi connectivity index (χ2v) is 8.26. The van der Waals surface area contributed by atoms with Crippen molar-refractivity contribution in [2.24, 2.45) is 7.05 Å². The Morgan fingerprint density at radius 2 is 2.24 bits per heavy atom. The molecule has 1 atom stereocenters. The zero-order valence-corrected chi connectivity index (χ0v) is 15.9. The fraction of sp³-hybridized carbons (Fsp3) is 0.333. The normalized spacial score (nSPS) is 17.4. The molecule has 1 amide bonds. The highest BCUT2D eigenvalue weighted by Gasteiger charge is 2.31. The average Bonchev–Trinajstić information content (AvgIpc) is 3.29. The number of hydrogen-bond donors (Lipinski definition) is 1. The lowest BCUT2D eigenvalue weighted by atomic mass is 9.98. The van der Waals surface area contributed by atoms with Crippen LogP contribution in [-0.2, 0) is 18.3 Å². The number of aryl methyl sites for hydroxylation is 2. The van der Waals surface area contributed by atoms with Crippen molar-refractivity contribution in [3.05, 3.63) is 56.0 Å². The van der Waals surface area contributed by atoms with Crippen LogP contribution in [0.1, 0.15) is 27.1 Å². The van der Waals surface area contributed by atoms with E-state index in [1.807, 2.05) is 31.4 Å². The van der Waals surface area contributed by atoms with E-state index in [9.17, 15) is 4.79 Å². The monoisotopic (exact) mass is 372 g/mol. The molecule has 130 valence electrons. The van der Waals surface area contributed by atoms with Crippen molar-refractivity contribution in [1.29, 1.82) is 0 Å². The summed E-state index contributed by atoms with van der Waals surface area (Å²) < 4.78 is 1.71. The standard InChI is InChI=1S/C18H20N4OS2/c1-12-10-16(21(2)20-12)19-17(23)11-22-7-5-14-13(6-9-25-14)18(22)15-4-3-8-24-15/h3-4,6,8-10,18H,5,7,11H2,1-2H3,(H,19,23). The Bertz CT molecular complexity index is 881. The van der Waals surface area contributed by atoms with Crippen molar-refractivity contribution in [2.45, 2.75) is 19.4 Å². The Hall–Kier alpha value is -1.96. The summed E-state index contributed by atoms with van der Waals surface area (Å²) in [4.78, 5) is 17.6. The summed E-state index contributed by atoms with van der Waals surface area (Å²) >= 11 is 3.57. The van der Waals surface area contributed by atoms with E-state index in [0.29, 0.717) is 6.54 Å². The van der Waals surface area contributed by atoms with Gasteiger partial charge in [0, 0.05) is 29.4 Å². The minimum Gasteiger partial charge on any atom is -0.310 e. The highest BCUT2D eigenvalue weighted by molar-refractivity contribution is 7.10. The van der Waals surface area contributed by atoms with E-state index in [4.69, 9.17) is 0 Å². The smallest absolute Gasteiger partial charge is 0.239 e. The topological polar surface area (TPSA) is 50.2 Å². The lowest BCUT2D eigenvalue weighted by Crippen LogP contribution is -2.40. The van der Waals surface area contributed by atoms with Crippen LogP contribution in [0, 0.1) is 6.92 Å². The van der Waals surface area contributed by atoms with Crippen molar-refractivity contribution in [3.8, 4) is 0 Å². The molecule has 0 saturated heterocycles. The molecule has 4 rings (SSSR count). The van der Waals surface area contributed by atoms with Crippen molar-refractivity contribution in [3.63, 3.8) is 0 Å². The minimum atomic E-state index is 0.00300. The van der Waals surface area contributed by atoms with Crippen LogP contribution >= 0.6 is 22.7 Å². The number of hydrogen-bond acceptors (Lipinski definition) is 5. The Balaban J connectivity index is 1.55. The molecule has 0 fully saturated rings. The van der Waals surface area contributed by atoms with Crippen LogP contribution in [0.2, 0.25) is 0 Å². The Morgan fingerprint density at radius 3 is 2.96 bits per heavy atom. The SMILES string of the molecule is Cc1cc(NC(=O)CN2CCc3sccc3C2c2cccs2)n(C)n1. The van der Waals surface area contributed by atoms with E-state index in [1.54, 1.807) is 16.0 Å². The van der Waals surface area contributed by atoms with Crippen LogP contribution in [0.25, 0.3) is 0 Å². The molecular weight excluding hydrogens is 352 g/mol. The summed E-state index contributed by atoms with van der Waals surface area (Å²) in [6.45, 7) is 3.20. The summed E-state index contributed by atoms with van der Waals surface area (Å²) in [7, 11) is 1.84. The molecule has 0 radical (unpaired) electrons. The molecule has 1 N–H and O–H groups in total. The van der Waals surface area contributed by atoms with Gasteiger partial charge < -0.3 is 5.32 Å². The molecule has 1 aliphatic heterocycles. The van der Waals surface area contributed by atoms with Gasteiger partial charge in [-0.05, 0) is 41.8 Å². The molecule has 0 bridgehead atoms. The van der Waals surface area contributed by atoms with Gasteiger partial charge in [0.2, 0.25) is 5.91 Å². The fourth-order valence-corrected chi connectivity index (χ4v) is 5.19. The summed E-state index contributed by atoms with van der Waals surface area (Å²) in [6, 6.07) is 8.52. The van der Waals surface area contributed by atoms with Gasteiger partial charge in [-0.25, -0.2) is 0 Å². The van der Waals surface area contributed by atoms with Crippen LogP contribution in [0.4, 0.5) is 5.82 Å². The van der Waals surface area contributed by atoms with Crippen LogP contribution in [-0.4, -0.2) is 33.7 Å². The molecule has 0 aromatic carbocycles. The number of rotatable bonds is 4. The first-order chi connectivity index (χ1) is 12.1. The number of carbonyl (C=O) groups is 1. The Morgan fingerprint density at radius 1 is 1.36 bits per heavy atom. The second kappa shape index (κ2) is 6.74. The minimum absolute atomic E-state index is 0.00300. The second-order valence-electron chi connectivity index (χ2n) is 6.28. The van der Waals surface area contributed by atoms with Crippen LogP contribution in [0.15, 0.2) is 35.0 Å². The molecule has 3 aromatic heterocycles. The van der Waals surface area contributed by atoms with E-state index >= 15 is 0 Å². The number of nitrogens with one attached hydrogen (secondary N) is 1. The van der Waals surface area contributed by atoms with E-state index < -0.39 is 0 Å². The third-order valence-electron chi connectivity index (χ3n) is 4.49. The van der Waals surface area contributed by atoms with Crippen molar-refractivity contribution >= 4 is 34.4 Å². The first-order valence-corrected chi connectivity index (χ1v) is 10.0. The van der Waals surface area contributed by atoms with Crippen molar-refractivity contribution in [2.75, 3.05) is 18.4 Å². The Labute approximate surface area is 154 Å². The maximum Gasteiger partial charge on any atom is 0.239 e. The maximum atomic E-state index is 12.6. The number of carbonyl (C=O) groups excluding carboxylic acids is 1. The summed E-state index contributed by atoms with van der Waals surface area (Å²) in [5, 5.41) is 11.5. The van der Waals surface area contributed by atoms with E-state index in [0.717, 1.165) is 24.5 Å². The highest BCUT2D eigenvalue weighted by atomic mass is 32.1. The fourth-order valence-electron chi connectivity index (χ4n) is 3.41. The quantitative estimate of drug-likeness (QED) is 0.763. The molecule has 1 unspecified atom stereocenters. The third-order valence-corrected chi connectivity index (χ3v) is 6.42. The molecule has 25 heavy (non-hydrogen) atoms. The number of fused-ring (bicyclic) bond motifs is 1. The molecule has 0 aliphatic carbocycles. The van der Waals surface area contributed by atoms with Gasteiger partial charge in [-0.1, -0.05) is 6.07 Å². The van der Waals surface area contributed by atoms with E-state index in [2.05, 4.69) is 44.3 Å². The molecule has 7 heteroatoms. The lowest BCUT2D eigenvalue weighted by molar-refractivity contribution is -0.117. The molecule has 4 heterocycles. The number of amides is 1. The zero-order chi connectivity index (χ0) is 17.4. The van der Waals surface area contributed by atoms with Gasteiger partial charge >= 0.3 is 0 Å². The van der Waals surface area contributed by atoms with Gasteiger partial charge in [-0.3, -0.25) is 14.4 Å². The van der Waals surface area contributed by atoms with Crippen LogP contribution in [0.3, 0.4) is 0 Å². The summed E-state index contributed by atoms with van der Waals surface area (Å²) in [6.07, 6.45) is 1.01. The molecule has 0 saturated carbocycles. The van der Waals surface area contributed by atoms with Crippen LogP contribution < -0.4 is 5.32 Å². The van der Waals surface area contributed by atoms with Gasteiger partial charge in [0.15, 0.2) is 0 Å². The van der Waals surface area contributed by atoms with Gasteiger partial charge in [-0.2, -0.15) is 5.10 Å². The van der Waals surface area contributed by atoms with Crippen molar-refractivity contribution in [1.82, 2.24) is 14.7 Å².